The van der Waals surface area contributed by atoms with Crippen molar-refractivity contribution in [2.24, 2.45) is 11.7 Å². The Bertz CT molecular complexity index is 163. The Morgan fingerprint density at radius 3 is 2.64 bits per heavy atom. The Labute approximate surface area is 71.5 Å². The van der Waals surface area contributed by atoms with Crippen LogP contribution >= 0.6 is 11.6 Å². The first kappa shape index (κ1) is 8.97. The highest BCUT2D eigenvalue weighted by atomic mass is 35.5. The molecular formula is C7H13ClN2O. The molecule has 0 aromatic rings. The quantitative estimate of drug-likeness (QED) is 0.604. The lowest BCUT2D eigenvalue weighted by atomic mass is 10.1. The summed E-state index contributed by atoms with van der Waals surface area (Å²) in [7, 11) is 0. The average Bonchev–Trinajstić information content (AvgIpc) is 2.30. The number of Topliss-reactive ketones (excluding diaryl/α,β-unsaturated/α-hetero) is 1. The second kappa shape index (κ2) is 3.52. The van der Waals surface area contributed by atoms with Gasteiger partial charge < -0.3 is 5.73 Å². The number of carbonyl (C=O) groups excluding carboxylic acids is 1. The van der Waals surface area contributed by atoms with E-state index in [0.29, 0.717) is 6.67 Å². The molecule has 1 fully saturated rings. The number of hydrogen-bond donors (Lipinski definition) is 1. The monoisotopic (exact) mass is 176 g/mol. The van der Waals surface area contributed by atoms with E-state index in [0.717, 1.165) is 13.1 Å². The number of hydrogen-bond acceptors (Lipinski definition) is 3. The summed E-state index contributed by atoms with van der Waals surface area (Å²) >= 11 is 5.93. The minimum absolute atomic E-state index is 0.0137. The van der Waals surface area contributed by atoms with Gasteiger partial charge in [0.1, 0.15) is 5.78 Å². The second-order valence-electron chi connectivity index (χ2n) is 2.95. The van der Waals surface area contributed by atoms with Crippen LogP contribution in [0.3, 0.4) is 0 Å². The van der Waals surface area contributed by atoms with Gasteiger partial charge in [-0.15, -0.1) is 11.6 Å². The van der Waals surface area contributed by atoms with Gasteiger partial charge in [0, 0.05) is 25.7 Å². The van der Waals surface area contributed by atoms with Crippen molar-refractivity contribution in [2.45, 2.75) is 12.3 Å². The molecule has 2 atom stereocenters. The molecule has 0 aromatic carbocycles. The van der Waals surface area contributed by atoms with Crippen LogP contribution in [0.15, 0.2) is 0 Å². The summed E-state index contributed by atoms with van der Waals surface area (Å²) < 4.78 is 0. The van der Waals surface area contributed by atoms with Gasteiger partial charge in [-0.05, 0) is 6.92 Å². The van der Waals surface area contributed by atoms with E-state index in [4.69, 9.17) is 17.3 Å². The van der Waals surface area contributed by atoms with Gasteiger partial charge in [-0.3, -0.25) is 9.69 Å². The standard InChI is InChI=1S/C7H13ClN2O/c1-5(11)6-2-10(4-9)3-7(6)8/h6-7H,2-4,9H2,1H3/t6-,7-/m0/s1. The first-order valence-electron chi connectivity index (χ1n) is 3.72. The van der Waals surface area contributed by atoms with E-state index in [1.807, 2.05) is 4.90 Å². The van der Waals surface area contributed by atoms with Crippen molar-refractivity contribution in [2.75, 3.05) is 19.8 Å². The smallest absolute Gasteiger partial charge is 0.135 e. The third-order valence-electron chi connectivity index (χ3n) is 2.10. The van der Waals surface area contributed by atoms with Crippen LogP contribution in [0.5, 0.6) is 0 Å². The molecule has 0 saturated carbocycles. The largest absolute Gasteiger partial charge is 0.318 e. The van der Waals surface area contributed by atoms with Crippen LogP contribution < -0.4 is 5.73 Å². The van der Waals surface area contributed by atoms with E-state index in [1.54, 1.807) is 6.92 Å². The SMILES string of the molecule is CC(=O)[C@@H]1CN(CN)C[C@@H]1Cl. The van der Waals surface area contributed by atoms with Gasteiger partial charge in [-0.2, -0.15) is 0 Å². The minimum Gasteiger partial charge on any atom is -0.318 e. The highest BCUT2D eigenvalue weighted by molar-refractivity contribution is 6.22. The molecule has 0 bridgehead atoms. The summed E-state index contributed by atoms with van der Waals surface area (Å²) in [6.07, 6.45) is 0. The van der Waals surface area contributed by atoms with Crippen LogP contribution in [0.4, 0.5) is 0 Å². The predicted octanol–water partition coefficient (Wildman–Crippen LogP) is 0.0308. The maximum atomic E-state index is 11.0. The molecule has 3 nitrogen and oxygen atoms in total. The third kappa shape index (κ3) is 1.92. The van der Waals surface area contributed by atoms with Gasteiger partial charge in [0.15, 0.2) is 0 Å². The Balaban J connectivity index is 2.51. The normalized spacial score (nSPS) is 32.6. The Morgan fingerprint density at radius 2 is 2.36 bits per heavy atom. The van der Waals surface area contributed by atoms with E-state index in [1.165, 1.54) is 0 Å². The van der Waals surface area contributed by atoms with Crippen molar-refractivity contribution < 1.29 is 4.79 Å². The number of halogens is 1. The fraction of sp³-hybridized carbons (Fsp3) is 0.857. The van der Waals surface area contributed by atoms with Crippen molar-refractivity contribution in [1.29, 1.82) is 0 Å². The van der Waals surface area contributed by atoms with Crippen molar-refractivity contribution in [3.63, 3.8) is 0 Å². The van der Waals surface area contributed by atoms with Gasteiger partial charge in [0.25, 0.3) is 0 Å². The Hall–Kier alpha value is -0.120. The van der Waals surface area contributed by atoms with Crippen molar-refractivity contribution in [1.82, 2.24) is 4.90 Å². The van der Waals surface area contributed by atoms with E-state index >= 15 is 0 Å². The van der Waals surface area contributed by atoms with Crippen LogP contribution in [-0.2, 0) is 4.79 Å². The number of likely N-dealkylation sites (tertiary alicyclic amines) is 1. The van der Waals surface area contributed by atoms with Crippen LogP contribution in [0, 0.1) is 5.92 Å². The van der Waals surface area contributed by atoms with Gasteiger partial charge in [0.05, 0.1) is 5.38 Å². The highest BCUT2D eigenvalue weighted by Gasteiger charge is 2.33. The van der Waals surface area contributed by atoms with Crippen LogP contribution in [0.1, 0.15) is 6.92 Å². The zero-order valence-corrected chi connectivity index (χ0v) is 7.34. The summed E-state index contributed by atoms with van der Waals surface area (Å²) in [4.78, 5) is 13.0. The summed E-state index contributed by atoms with van der Waals surface area (Å²) in [5, 5.41) is -0.0453. The topological polar surface area (TPSA) is 46.3 Å². The maximum Gasteiger partial charge on any atom is 0.135 e. The van der Waals surface area contributed by atoms with E-state index in [9.17, 15) is 4.79 Å². The second-order valence-corrected chi connectivity index (χ2v) is 3.51. The van der Waals surface area contributed by atoms with Gasteiger partial charge in [-0.1, -0.05) is 0 Å². The molecule has 64 valence electrons. The molecule has 0 radical (unpaired) electrons. The van der Waals surface area contributed by atoms with Crippen LogP contribution in [-0.4, -0.2) is 35.8 Å². The van der Waals surface area contributed by atoms with Gasteiger partial charge in [0.2, 0.25) is 0 Å². The van der Waals surface area contributed by atoms with E-state index in [2.05, 4.69) is 0 Å². The van der Waals surface area contributed by atoms with Crippen molar-refractivity contribution >= 4 is 17.4 Å². The third-order valence-corrected chi connectivity index (χ3v) is 2.55. The van der Waals surface area contributed by atoms with E-state index in [-0.39, 0.29) is 17.1 Å². The van der Waals surface area contributed by atoms with Crippen molar-refractivity contribution in [3.05, 3.63) is 0 Å². The molecule has 2 N–H and O–H groups in total. The van der Waals surface area contributed by atoms with Gasteiger partial charge >= 0.3 is 0 Å². The first-order chi connectivity index (χ1) is 5.15. The molecule has 0 amide bonds. The lowest BCUT2D eigenvalue weighted by molar-refractivity contribution is -0.120. The molecule has 4 heteroatoms. The maximum absolute atomic E-state index is 11.0. The molecule has 0 aliphatic carbocycles. The molecule has 1 rings (SSSR count). The van der Waals surface area contributed by atoms with Crippen LogP contribution in [0.2, 0.25) is 0 Å². The highest BCUT2D eigenvalue weighted by Crippen LogP contribution is 2.21. The lowest BCUT2D eigenvalue weighted by Crippen LogP contribution is -2.28. The number of ketones is 1. The number of nitrogens with two attached hydrogens (primary N) is 1. The van der Waals surface area contributed by atoms with E-state index < -0.39 is 0 Å². The zero-order chi connectivity index (χ0) is 8.43. The van der Waals surface area contributed by atoms with Gasteiger partial charge in [-0.25, -0.2) is 0 Å². The number of alkyl halides is 1. The Morgan fingerprint density at radius 1 is 1.73 bits per heavy atom. The molecule has 0 aromatic heterocycles. The predicted molar refractivity (Wildman–Crippen MR) is 44.4 cm³/mol. The van der Waals surface area contributed by atoms with Crippen molar-refractivity contribution in [3.8, 4) is 0 Å². The zero-order valence-electron chi connectivity index (χ0n) is 6.59. The fourth-order valence-corrected chi connectivity index (χ4v) is 1.83. The summed E-state index contributed by atoms with van der Waals surface area (Å²) in [6.45, 7) is 3.54. The molecule has 1 aliphatic heterocycles. The summed E-state index contributed by atoms with van der Waals surface area (Å²) in [5.74, 6) is 0.154. The summed E-state index contributed by atoms with van der Waals surface area (Å²) in [6, 6.07) is 0. The molecule has 0 unspecified atom stereocenters. The average molecular weight is 177 g/mol. The lowest BCUT2D eigenvalue weighted by Gasteiger charge is -2.10. The molecule has 1 heterocycles. The number of carbonyl (C=O) groups is 1. The Kier molecular flexibility index (Phi) is 2.87. The molecule has 1 saturated heterocycles. The molecular weight excluding hydrogens is 164 g/mol. The minimum atomic E-state index is -0.0453. The summed E-state index contributed by atoms with van der Waals surface area (Å²) in [5.41, 5.74) is 5.41. The fourth-order valence-electron chi connectivity index (χ4n) is 1.37. The first-order valence-corrected chi connectivity index (χ1v) is 4.15. The number of rotatable bonds is 2. The van der Waals surface area contributed by atoms with Crippen LogP contribution in [0.25, 0.3) is 0 Å². The number of nitrogens with zero attached hydrogens (tertiary/aromatic N) is 1. The molecule has 1 aliphatic rings. The molecule has 11 heavy (non-hydrogen) atoms. The molecule has 0 spiro atoms.